The molecule has 0 spiro atoms. The van der Waals surface area contributed by atoms with Crippen LogP contribution >= 0.6 is 11.6 Å². The summed E-state index contributed by atoms with van der Waals surface area (Å²) < 4.78 is 0. The average molecular weight is 476 g/mol. The Labute approximate surface area is 204 Å². The second-order valence-corrected chi connectivity index (χ2v) is 9.16. The van der Waals surface area contributed by atoms with Gasteiger partial charge in [0.1, 0.15) is 6.04 Å². The zero-order chi connectivity index (χ0) is 24.2. The Hall–Kier alpha value is -3.51. The molecular weight excluding hydrogens is 450 g/mol. The molecule has 1 saturated heterocycles. The Morgan fingerprint density at radius 2 is 1.76 bits per heavy atom. The maximum absolute atomic E-state index is 13.4. The maximum atomic E-state index is 13.4. The normalized spacial score (nSPS) is 15.8. The molecule has 1 fully saturated rings. The molecule has 1 atom stereocenters. The van der Waals surface area contributed by atoms with Crippen molar-refractivity contribution in [1.82, 2.24) is 9.88 Å². The third-order valence-corrected chi connectivity index (χ3v) is 6.23. The van der Waals surface area contributed by atoms with Gasteiger partial charge in [0, 0.05) is 24.0 Å². The number of aromatic nitrogens is 1. The number of anilines is 1. The quantitative estimate of drug-likeness (QED) is 0.462. The molecule has 2 heterocycles. The van der Waals surface area contributed by atoms with Crippen LogP contribution in [0, 0.1) is 0 Å². The van der Waals surface area contributed by atoms with Gasteiger partial charge in [-0.25, -0.2) is 4.90 Å². The molecule has 0 radical (unpaired) electrons. The first-order chi connectivity index (χ1) is 16.3. The molecule has 4 rings (SSSR count). The highest BCUT2D eigenvalue weighted by atomic mass is 35.5. The molecule has 3 amide bonds. The smallest absolute Gasteiger partial charge is 0.257 e. The van der Waals surface area contributed by atoms with Gasteiger partial charge in [-0.1, -0.05) is 55.8 Å². The maximum Gasteiger partial charge on any atom is 0.257 e. The van der Waals surface area contributed by atoms with Crippen LogP contribution in [0.4, 0.5) is 5.69 Å². The minimum Gasteiger partial charge on any atom is -0.325 e. The van der Waals surface area contributed by atoms with Gasteiger partial charge in [0.2, 0.25) is 11.8 Å². The number of amides is 3. The Kier molecular flexibility index (Phi) is 7.08. The van der Waals surface area contributed by atoms with Crippen LogP contribution in [0.5, 0.6) is 0 Å². The first kappa shape index (κ1) is 23.6. The molecule has 6 nitrogen and oxygen atoms in total. The number of hydrogen-bond donors (Lipinski definition) is 0. The van der Waals surface area contributed by atoms with Crippen LogP contribution in [-0.2, 0) is 27.3 Å². The lowest BCUT2D eigenvalue weighted by molar-refractivity contribution is -0.138. The number of carbonyl (C=O) groups is 3. The molecule has 1 aromatic heterocycles. The predicted octanol–water partition coefficient (Wildman–Crippen LogP) is 4.76. The van der Waals surface area contributed by atoms with Gasteiger partial charge in [-0.05, 0) is 52.9 Å². The molecule has 1 unspecified atom stereocenters. The van der Waals surface area contributed by atoms with Crippen LogP contribution in [0.1, 0.15) is 42.9 Å². The fourth-order valence-electron chi connectivity index (χ4n) is 4.08. The van der Waals surface area contributed by atoms with E-state index in [-0.39, 0.29) is 31.2 Å². The SMILES string of the molecule is CC(C)c1ccc(N2C(=O)CC(N(Cc3cccnc3)C(=O)Cc3ccc(Cl)cc3)C2=O)cc1. The number of hydrogen-bond acceptors (Lipinski definition) is 4. The van der Waals surface area contributed by atoms with E-state index < -0.39 is 11.9 Å². The lowest BCUT2D eigenvalue weighted by Gasteiger charge is -2.28. The summed E-state index contributed by atoms with van der Waals surface area (Å²) in [7, 11) is 0. The Bertz CT molecular complexity index is 1180. The number of halogens is 1. The third-order valence-electron chi connectivity index (χ3n) is 5.98. The summed E-state index contributed by atoms with van der Waals surface area (Å²) in [5.41, 5.74) is 3.21. The minimum absolute atomic E-state index is 0.0581. The van der Waals surface area contributed by atoms with Crippen molar-refractivity contribution in [3.05, 3.63) is 94.8 Å². The lowest BCUT2D eigenvalue weighted by Crippen LogP contribution is -2.45. The van der Waals surface area contributed by atoms with Crippen molar-refractivity contribution in [3.8, 4) is 0 Å². The third kappa shape index (κ3) is 5.18. The number of benzene rings is 2. The summed E-state index contributed by atoms with van der Waals surface area (Å²) in [6.45, 7) is 4.35. The van der Waals surface area contributed by atoms with Gasteiger partial charge in [0.15, 0.2) is 0 Å². The van der Waals surface area contributed by atoms with E-state index in [2.05, 4.69) is 18.8 Å². The van der Waals surface area contributed by atoms with Gasteiger partial charge >= 0.3 is 0 Å². The van der Waals surface area contributed by atoms with Crippen LogP contribution in [0.25, 0.3) is 0 Å². The van der Waals surface area contributed by atoms with E-state index in [0.717, 1.165) is 16.7 Å². The molecule has 34 heavy (non-hydrogen) atoms. The molecule has 0 saturated carbocycles. The Balaban J connectivity index is 1.61. The van der Waals surface area contributed by atoms with Crippen LogP contribution in [0.15, 0.2) is 73.1 Å². The summed E-state index contributed by atoms with van der Waals surface area (Å²) >= 11 is 5.97. The molecule has 0 aliphatic carbocycles. The summed E-state index contributed by atoms with van der Waals surface area (Å²) in [4.78, 5) is 46.6. The highest BCUT2D eigenvalue weighted by Crippen LogP contribution is 2.28. The van der Waals surface area contributed by atoms with Crippen molar-refractivity contribution in [1.29, 1.82) is 0 Å². The molecule has 1 aliphatic heterocycles. The Morgan fingerprint density at radius 3 is 2.38 bits per heavy atom. The zero-order valence-electron chi connectivity index (χ0n) is 19.1. The highest BCUT2D eigenvalue weighted by molar-refractivity contribution is 6.30. The van der Waals surface area contributed by atoms with E-state index in [1.807, 2.05) is 18.2 Å². The van der Waals surface area contributed by atoms with Gasteiger partial charge in [0.05, 0.1) is 18.5 Å². The van der Waals surface area contributed by atoms with E-state index in [4.69, 9.17) is 11.6 Å². The van der Waals surface area contributed by atoms with E-state index in [0.29, 0.717) is 16.6 Å². The van der Waals surface area contributed by atoms with E-state index in [9.17, 15) is 14.4 Å². The topological polar surface area (TPSA) is 70.6 Å². The number of pyridine rings is 1. The molecule has 1 aliphatic rings. The molecule has 7 heteroatoms. The lowest BCUT2D eigenvalue weighted by atomic mass is 10.0. The van der Waals surface area contributed by atoms with Crippen molar-refractivity contribution in [2.75, 3.05) is 4.90 Å². The van der Waals surface area contributed by atoms with Gasteiger partial charge < -0.3 is 4.90 Å². The van der Waals surface area contributed by atoms with Crippen LogP contribution in [0.2, 0.25) is 5.02 Å². The monoisotopic (exact) mass is 475 g/mol. The standard InChI is InChI=1S/C27H26ClN3O3/c1-18(2)21-7-11-23(12-8-21)31-26(33)15-24(27(31)34)30(17-20-4-3-13-29-16-20)25(32)14-19-5-9-22(28)10-6-19/h3-13,16,18,24H,14-15,17H2,1-2H3. The number of imide groups is 1. The van der Waals surface area contributed by atoms with Gasteiger partial charge in [-0.15, -0.1) is 0 Å². The van der Waals surface area contributed by atoms with Crippen molar-refractivity contribution in [2.45, 2.75) is 45.2 Å². The summed E-state index contributed by atoms with van der Waals surface area (Å²) in [6.07, 6.45) is 3.35. The molecule has 0 bridgehead atoms. The van der Waals surface area contributed by atoms with E-state index in [1.165, 1.54) is 9.80 Å². The van der Waals surface area contributed by atoms with Crippen molar-refractivity contribution in [2.24, 2.45) is 0 Å². The van der Waals surface area contributed by atoms with Crippen LogP contribution < -0.4 is 4.90 Å². The molecule has 3 aromatic rings. The fraction of sp³-hybridized carbons (Fsp3) is 0.259. The van der Waals surface area contributed by atoms with Crippen molar-refractivity contribution < 1.29 is 14.4 Å². The summed E-state index contributed by atoms with van der Waals surface area (Å²) in [5, 5.41) is 0.583. The van der Waals surface area contributed by atoms with Gasteiger partial charge in [-0.2, -0.15) is 0 Å². The molecular formula is C27H26ClN3O3. The average Bonchev–Trinajstić information content (AvgIpc) is 3.13. The van der Waals surface area contributed by atoms with Crippen molar-refractivity contribution in [3.63, 3.8) is 0 Å². The van der Waals surface area contributed by atoms with Crippen LogP contribution in [0.3, 0.4) is 0 Å². The summed E-state index contributed by atoms with van der Waals surface area (Å²) in [6, 6.07) is 17.2. The van der Waals surface area contributed by atoms with E-state index in [1.54, 1.807) is 54.9 Å². The molecule has 2 aromatic carbocycles. The molecule has 174 valence electrons. The fourth-order valence-corrected chi connectivity index (χ4v) is 4.20. The second-order valence-electron chi connectivity index (χ2n) is 8.72. The van der Waals surface area contributed by atoms with E-state index >= 15 is 0 Å². The molecule has 0 N–H and O–H groups in total. The number of rotatable bonds is 7. The highest BCUT2D eigenvalue weighted by Gasteiger charge is 2.44. The largest absolute Gasteiger partial charge is 0.325 e. The minimum atomic E-state index is -0.878. The van der Waals surface area contributed by atoms with Crippen LogP contribution in [-0.4, -0.2) is 33.6 Å². The number of nitrogens with zero attached hydrogens (tertiary/aromatic N) is 3. The summed E-state index contributed by atoms with van der Waals surface area (Å²) in [5.74, 6) is -0.611. The Morgan fingerprint density at radius 1 is 1.06 bits per heavy atom. The van der Waals surface area contributed by atoms with Gasteiger partial charge in [0.25, 0.3) is 5.91 Å². The first-order valence-electron chi connectivity index (χ1n) is 11.2. The number of carbonyl (C=O) groups excluding carboxylic acids is 3. The second kappa shape index (κ2) is 10.2. The zero-order valence-corrected chi connectivity index (χ0v) is 19.9. The van der Waals surface area contributed by atoms with Crippen molar-refractivity contribution >= 4 is 35.0 Å². The predicted molar refractivity (Wildman–Crippen MR) is 131 cm³/mol. The first-order valence-corrected chi connectivity index (χ1v) is 11.6. The van der Waals surface area contributed by atoms with Gasteiger partial charge in [-0.3, -0.25) is 19.4 Å².